The van der Waals surface area contributed by atoms with E-state index < -0.39 is 17.7 Å². The Hall–Kier alpha value is -2.64. The summed E-state index contributed by atoms with van der Waals surface area (Å²) >= 11 is 0. The molecule has 0 unspecified atom stereocenters. The molecule has 0 bridgehead atoms. The molecule has 0 atom stereocenters. The first-order valence-electron chi connectivity index (χ1n) is 5.84. The van der Waals surface area contributed by atoms with Crippen LogP contribution in [-0.4, -0.2) is 14.6 Å². The molecule has 2 aromatic heterocycles. The number of nitrogens with two attached hydrogens (primary N) is 1. The number of aromatic nitrogens is 3. The van der Waals surface area contributed by atoms with Gasteiger partial charge in [-0.15, -0.1) is 5.10 Å². The Morgan fingerprint density at radius 1 is 1.05 bits per heavy atom. The average molecular weight is 296 g/mol. The summed E-state index contributed by atoms with van der Waals surface area (Å²) in [5.74, 6) is -0.547. The fraction of sp³-hybridized carbons (Fsp3) is 0.0769. The predicted molar refractivity (Wildman–Crippen MR) is 67.8 cm³/mol. The van der Waals surface area contributed by atoms with Crippen LogP contribution in [0.5, 0.6) is 0 Å². The zero-order valence-electron chi connectivity index (χ0n) is 10.4. The molecular weight excluding hydrogens is 288 g/mol. The van der Waals surface area contributed by atoms with Gasteiger partial charge in [0.05, 0.1) is 5.69 Å². The Balaban J connectivity index is 2.27. The number of hydrogen-bond acceptors (Lipinski definition) is 3. The summed E-state index contributed by atoms with van der Waals surface area (Å²) in [5.41, 5.74) is 4.83. The first kappa shape index (κ1) is 13.3. The van der Waals surface area contributed by atoms with Crippen LogP contribution in [0.4, 0.5) is 23.4 Å². The lowest BCUT2D eigenvalue weighted by molar-refractivity contribution is -0.142. The highest BCUT2D eigenvalue weighted by Crippen LogP contribution is 2.32. The molecule has 0 aliphatic heterocycles. The number of rotatable bonds is 1. The number of alkyl halides is 3. The largest absolute Gasteiger partial charge is 0.433 e. The molecule has 0 saturated heterocycles. The lowest BCUT2D eigenvalue weighted by atomic mass is 10.1. The second-order valence-corrected chi connectivity index (χ2v) is 4.37. The van der Waals surface area contributed by atoms with Crippen LogP contribution in [0.2, 0.25) is 0 Å². The van der Waals surface area contributed by atoms with Gasteiger partial charge in [-0.1, -0.05) is 0 Å². The zero-order valence-corrected chi connectivity index (χ0v) is 10.4. The van der Waals surface area contributed by atoms with Crippen molar-refractivity contribution in [3.63, 3.8) is 0 Å². The van der Waals surface area contributed by atoms with E-state index in [9.17, 15) is 17.6 Å². The Kier molecular flexibility index (Phi) is 2.82. The van der Waals surface area contributed by atoms with E-state index >= 15 is 0 Å². The van der Waals surface area contributed by atoms with Gasteiger partial charge in [0, 0.05) is 11.6 Å². The minimum absolute atomic E-state index is 0.0262. The maximum atomic E-state index is 13.1. The van der Waals surface area contributed by atoms with E-state index in [-0.39, 0.29) is 17.2 Å². The molecule has 1 aromatic carbocycles. The third-order valence-corrected chi connectivity index (χ3v) is 2.88. The summed E-state index contributed by atoms with van der Waals surface area (Å²) in [5, 5.41) is 3.58. The van der Waals surface area contributed by atoms with E-state index in [4.69, 9.17) is 5.73 Å². The van der Waals surface area contributed by atoms with Crippen molar-refractivity contribution in [1.29, 1.82) is 0 Å². The summed E-state index contributed by atoms with van der Waals surface area (Å²) in [4.78, 5) is 4.07. The minimum Gasteiger partial charge on any atom is -0.382 e. The van der Waals surface area contributed by atoms with Crippen LogP contribution < -0.4 is 5.73 Å². The van der Waals surface area contributed by atoms with Crippen molar-refractivity contribution in [2.45, 2.75) is 6.18 Å². The van der Waals surface area contributed by atoms with Gasteiger partial charge in [-0.05, 0) is 30.3 Å². The van der Waals surface area contributed by atoms with Crippen LogP contribution in [-0.2, 0) is 6.18 Å². The summed E-state index contributed by atoms with van der Waals surface area (Å²) in [6.07, 6.45) is -4.62. The fourth-order valence-electron chi connectivity index (χ4n) is 1.96. The molecule has 0 saturated carbocycles. The van der Waals surface area contributed by atoms with Gasteiger partial charge in [-0.25, -0.2) is 13.9 Å². The molecule has 2 N–H and O–H groups in total. The van der Waals surface area contributed by atoms with E-state index in [1.54, 1.807) is 0 Å². The van der Waals surface area contributed by atoms with Gasteiger partial charge in [0.2, 0.25) is 0 Å². The topological polar surface area (TPSA) is 56.2 Å². The van der Waals surface area contributed by atoms with E-state index in [2.05, 4.69) is 10.1 Å². The quantitative estimate of drug-likeness (QED) is 0.702. The summed E-state index contributed by atoms with van der Waals surface area (Å²) < 4.78 is 52.8. The molecule has 0 aliphatic rings. The van der Waals surface area contributed by atoms with Crippen LogP contribution in [0, 0.1) is 5.82 Å². The third kappa shape index (κ3) is 2.39. The van der Waals surface area contributed by atoms with Gasteiger partial charge in [-0.3, -0.25) is 0 Å². The maximum absolute atomic E-state index is 13.1. The van der Waals surface area contributed by atoms with Gasteiger partial charge in [0.25, 0.3) is 0 Å². The zero-order chi connectivity index (χ0) is 15.2. The molecule has 0 spiro atoms. The number of halogens is 4. The third-order valence-electron chi connectivity index (χ3n) is 2.88. The molecule has 8 heteroatoms. The van der Waals surface area contributed by atoms with E-state index in [0.29, 0.717) is 10.1 Å². The molecule has 21 heavy (non-hydrogen) atoms. The fourth-order valence-corrected chi connectivity index (χ4v) is 1.96. The second-order valence-electron chi connectivity index (χ2n) is 4.37. The van der Waals surface area contributed by atoms with E-state index in [0.717, 1.165) is 18.2 Å². The molecule has 4 nitrogen and oxygen atoms in total. The van der Waals surface area contributed by atoms with Crippen molar-refractivity contribution in [1.82, 2.24) is 14.6 Å². The number of fused-ring (bicyclic) bond motifs is 1. The van der Waals surface area contributed by atoms with Crippen LogP contribution in [0.25, 0.3) is 16.9 Å². The standard InChI is InChI=1S/C13H8F4N4/c14-8-3-1-7(2-4-8)9-5-10(13(15,16)17)21-12(19-9)6-11(18)20-21/h1-6H,(H2,18,20). The highest BCUT2D eigenvalue weighted by atomic mass is 19.4. The van der Waals surface area contributed by atoms with E-state index in [1.165, 1.54) is 18.2 Å². The maximum Gasteiger partial charge on any atom is 0.433 e. The predicted octanol–water partition coefficient (Wildman–Crippen LogP) is 3.14. The van der Waals surface area contributed by atoms with Gasteiger partial charge >= 0.3 is 6.18 Å². The molecule has 3 rings (SSSR count). The smallest absolute Gasteiger partial charge is 0.382 e. The highest BCUT2D eigenvalue weighted by Gasteiger charge is 2.35. The first-order chi connectivity index (χ1) is 9.84. The van der Waals surface area contributed by atoms with Crippen LogP contribution in [0.1, 0.15) is 5.69 Å². The van der Waals surface area contributed by atoms with Crippen LogP contribution >= 0.6 is 0 Å². The van der Waals surface area contributed by atoms with Crippen LogP contribution in [0.3, 0.4) is 0 Å². The minimum atomic E-state index is -4.62. The van der Waals surface area contributed by atoms with Crippen molar-refractivity contribution in [2.75, 3.05) is 5.73 Å². The number of nitrogens with zero attached hydrogens (tertiary/aromatic N) is 3. The lowest BCUT2D eigenvalue weighted by Crippen LogP contribution is -2.13. The summed E-state index contributed by atoms with van der Waals surface area (Å²) in [6.45, 7) is 0. The Labute approximate surface area is 115 Å². The van der Waals surface area contributed by atoms with E-state index in [1.807, 2.05) is 0 Å². The molecular formula is C13H8F4N4. The highest BCUT2D eigenvalue weighted by molar-refractivity contribution is 5.63. The lowest BCUT2D eigenvalue weighted by Gasteiger charge is -2.10. The molecule has 2 heterocycles. The number of benzene rings is 1. The average Bonchev–Trinajstić information content (AvgIpc) is 2.77. The normalized spacial score (nSPS) is 12.0. The Morgan fingerprint density at radius 3 is 2.33 bits per heavy atom. The van der Waals surface area contributed by atoms with Gasteiger partial charge in [-0.2, -0.15) is 13.2 Å². The summed E-state index contributed by atoms with van der Waals surface area (Å²) in [6, 6.07) is 7.11. The number of nitrogen functional groups attached to an aromatic ring is 1. The van der Waals surface area contributed by atoms with Gasteiger partial charge in [0.15, 0.2) is 11.3 Å². The molecule has 0 fully saturated rings. The van der Waals surface area contributed by atoms with Crippen molar-refractivity contribution in [3.8, 4) is 11.3 Å². The number of hydrogen-bond donors (Lipinski definition) is 1. The van der Waals surface area contributed by atoms with Crippen molar-refractivity contribution < 1.29 is 17.6 Å². The van der Waals surface area contributed by atoms with Crippen molar-refractivity contribution in [3.05, 3.63) is 47.9 Å². The van der Waals surface area contributed by atoms with Crippen LogP contribution in [0.15, 0.2) is 36.4 Å². The summed E-state index contributed by atoms with van der Waals surface area (Å²) in [7, 11) is 0. The first-order valence-corrected chi connectivity index (χ1v) is 5.84. The Morgan fingerprint density at radius 2 is 1.71 bits per heavy atom. The molecule has 0 radical (unpaired) electrons. The molecule has 0 aliphatic carbocycles. The van der Waals surface area contributed by atoms with Gasteiger partial charge < -0.3 is 5.73 Å². The van der Waals surface area contributed by atoms with Crippen molar-refractivity contribution in [2.24, 2.45) is 0 Å². The molecule has 3 aromatic rings. The second kappa shape index (κ2) is 4.44. The molecule has 108 valence electrons. The SMILES string of the molecule is Nc1cc2nc(-c3ccc(F)cc3)cc(C(F)(F)F)n2n1. The number of anilines is 1. The van der Waals surface area contributed by atoms with Crippen molar-refractivity contribution >= 4 is 11.5 Å². The monoisotopic (exact) mass is 296 g/mol. The Bertz CT molecular complexity index is 805. The van der Waals surface area contributed by atoms with Gasteiger partial charge in [0.1, 0.15) is 11.6 Å². The molecule has 0 amide bonds.